The molecule has 0 aliphatic heterocycles. The normalized spacial score (nSPS) is 11.4. The number of anilines is 1. The van der Waals surface area contributed by atoms with Crippen molar-refractivity contribution in [2.24, 2.45) is 20.5 Å². The van der Waals surface area contributed by atoms with Crippen LogP contribution in [-0.2, 0) is 0 Å². The van der Waals surface area contributed by atoms with Crippen molar-refractivity contribution in [3.05, 3.63) is 78.4 Å². The number of unbranched alkanes of at least 4 members (excludes halogenated alkanes) is 4. The highest BCUT2D eigenvalue weighted by atomic mass is 16.1. The molecule has 0 fully saturated rings. The minimum Gasteiger partial charge on any atom is -0.378 e. The molecule has 0 saturated heterocycles. The second kappa shape index (κ2) is 13.1. The Morgan fingerprint density at radius 1 is 0.618 bits per heavy atom. The lowest BCUT2D eigenvalue weighted by Gasteiger charge is -2.11. The fourth-order valence-corrected chi connectivity index (χ4v) is 3.38. The molecule has 0 aliphatic carbocycles. The summed E-state index contributed by atoms with van der Waals surface area (Å²) in [5.41, 5.74) is 4.83. The largest absolute Gasteiger partial charge is 0.378 e. The minimum absolute atomic E-state index is 0.193. The fourth-order valence-electron chi connectivity index (χ4n) is 3.38. The van der Waals surface area contributed by atoms with E-state index in [0.717, 1.165) is 41.2 Å². The van der Waals surface area contributed by atoms with Crippen molar-refractivity contribution in [2.45, 2.75) is 45.4 Å². The Morgan fingerprint density at radius 3 is 1.47 bits per heavy atom. The quantitative estimate of drug-likeness (QED) is 0.155. The zero-order valence-corrected chi connectivity index (χ0v) is 20.3. The molecule has 0 radical (unpaired) electrons. The number of benzene rings is 3. The number of hydrogen-bond donors (Lipinski definition) is 0. The van der Waals surface area contributed by atoms with E-state index in [1.54, 1.807) is 0 Å². The van der Waals surface area contributed by atoms with Crippen molar-refractivity contribution in [2.75, 3.05) is 19.0 Å². The van der Waals surface area contributed by atoms with Crippen LogP contribution >= 0.6 is 0 Å². The summed E-state index contributed by atoms with van der Waals surface area (Å²) in [7, 11) is 4.01. The predicted octanol–water partition coefficient (Wildman–Crippen LogP) is 9.13. The van der Waals surface area contributed by atoms with Gasteiger partial charge in [-0.1, -0.05) is 32.6 Å². The van der Waals surface area contributed by atoms with Gasteiger partial charge >= 0.3 is 0 Å². The van der Waals surface area contributed by atoms with E-state index in [2.05, 4.69) is 27.4 Å². The van der Waals surface area contributed by atoms with E-state index in [-0.39, 0.29) is 5.78 Å². The van der Waals surface area contributed by atoms with Gasteiger partial charge in [-0.2, -0.15) is 20.5 Å². The first kappa shape index (κ1) is 25.0. The fraction of sp³-hybridized carbons (Fsp3) is 0.321. The maximum atomic E-state index is 12.3. The maximum Gasteiger partial charge on any atom is 0.162 e. The standard InChI is InChI=1S/C28H33N5O/c1-4-5-6-7-8-9-28(34)22-10-12-23(13-11-22)29-30-24-14-16-25(17-15-24)31-32-26-18-20-27(21-19-26)33(2)3/h10-21H,4-9H2,1-3H3. The van der Waals surface area contributed by atoms with E-state index in [1.807, 2.05) is 91.8 Å². The van der Waals surface area contributed by atoms with Crippen molar-refractivity contribution in [1.82, 2.24) is 0 Å². The summed E-state index contributed by atoms with van der Waals surface area (Å²) < 4.78 is 0. The molecule has 0 saturated carbocycles. The van der Waals surface area contributed by atoms with Crippen LogP contribution in [0.4, 0.5) is 28.4 Å². The number of Topliss-reactive ketones (excluding diaryl/α,β-unsaturated/α-hetero) is 1. The van der Waals surface area contributed by atoms with Crippen LogP contribution in [0.1, 0.15) is 55.8 Å². The van der Waals surface area contributed by atoms with Crippen molar-refractivity contribution in [3.63, 3.8) is 0 Å². The van der Waals surface area contributed by atoms with Gasteiger partial charge < -0.3 is 4.90 Å². The van der Waals surface area contributed by atoms with E-state index in [1.165, 1.54) is 19.3 Å². The van der Waals surface area contributed by atoms with Crippen LogP contribution in [0, 0.1) is 0 Å². The molecule has 0 atom stereocenters. The average molecular weight is 456 g/mol. The van der Waals surface area contributed by atoms with Crippen LogP contribution in [0.25, 0.3) is 0 Å². The lowest BCUT2D eigenvalue weighted by atomic mass is 10.0. The summed E-state index contributed by atoms with van der Waals surface area (Å²) in [6.07, 6.45) is 6.35. The van der Waals surface area contributed by atoms with Gasteiger partial charge in [0.25, 0.3) is 0 Å². The lowest BCUT2D eigenvalue weighted by molar-refractivity contribution is 0.0979. The molecule has 0 aromatic heterocycles. The van der Waals surface area contributed by atoms with E-state index in [9.17, 15) is 4.79 Å². The van der Waals surface area contributed by atoms with Crippen LogP contribution in [0.5, 0.6) is 0 Å². The summed E-state index contributed by atoms with van der Waals surface area (Å²) in [5, 5.41) is 17.1. The Labute approximate surface area is 202 Å². The van der Waals surface area contributed by atoms with E-state index >= 15 is 0 Å². The average Bonchev–Trinajstić information content (AvgIpc) is 2.87. The highest BCUT2D eigenvalue weighted by Gasteiger charge is 2.05. The van der Waals surface area contributed by atoms with Gasteiger partial charge in [-0.05, 0) is 79.2 Å². The molecular weight excluding hydrogens is 422 g/mol. The zero-order valence-electron chi connectivity index (χ0n) is 20.3. The molecule has 6 heteroatoms. The first-order valence-corrected chi connectivity index (χ1v) is 11.9. The Bertz CT molecular complexity index is 1090. The second-order valence-electron chi connectivity index (χ2n) is 8.46. The van der Waals surface area contributed by atoms with Crippen LogP contribution < -0.4 is 4.90 Å². The molecule has 0 N–H and O–H groups in total. The van der Waals surface area contributed by atoms with Crippen LogP contribution in [-0.4, -0.2) is 19.9 Å². The summed E-state index contributed by atoms with van der Waals surface area (Å²) in [6, 6.07) is 22.6. The van der Waals surface area contributed by atoms with Gasteiger partial charge in [-0.15, -0.1) is 0 Å². The molecule has 3 rings (SSSR count). The highest BCUT2D eigenvalue weighted by Crippen LogP contribution is 2.25. The number of rotatable bonds is 12. The SMILES string of the molecule is CCCCCCCC(=O)c1ccc(N=Nc2ccc(N=Nc3ccc(N(C)C)cc3)cc2)cc1. The first-order chi connectivity index (χ1) is 16.5. The third-order valence-corrected chi connectivity index (χ3v) is 5.47. The van der Waals surface area contributed by atoms with Crippen LogP contribution in [0.3, 0.4) is 0 Å². The minimum atomic E-state index is 0.193. The van der Waals surface area contributed by atoms with Gasteiger partial charge in [0.1, 0.15) is 0 Å². The van der Waals surface area contributed by atoms with Gasteiger partial charge in [0, 0.05) is 31.8 Å². The van der Waals surface area contributed by atoms with Gasteiger partial charge in [0.05, 0.1) is 22.7 Å². The first-order valence-electron chi connectivity index (χ1n) is 11.9. The molecule has 0 unspecified atom stereocenters. The Morgan fingerprint density at radius 2 is 1.03 bits per heavy atom. The molecule has 34 heavy (non-hydrogen) atoms. The van der Waals surface area contributed by atoms with Crippen molar-refractivity contribution in [3.8, 4) is 0 Å². The number of azo groups is 2. The summed E-state index contributed by atoms with van der Waals surface area (Å²) in [4.78, 5) is 14.4. The molecule has 176 valence electrons. The lowest BCUT2D eigenvalue weighted by Crippen LogP contribution is -2.07. The third kappa shape index (κ3) is 8.03. The topological polar surface area (TPSA) is 69.7 Å². The number of carbonyl (C=O) groups is 1. The molecule has 0 spiro atoms. The third-order valence-electron chi connectivity index (χ3n) is 5.47. The smallest absolute Gasteiger partial charge is 0.162 e. The highest BCUT2D eigenvalue weighted by molar-refractivity contribution is 5.96. The summed E-state index contributed by atoms with van der Waals surface area (Å²) >= 11 is 0. The molecule has 6 nitrogen and oxygen atoms in total. The molecule has 3 aromatic rings. The molecule has 0 amide bonds. The Kier molecular flexibility index (Phi) is 9.65. The monoisotopic (exact) mass is 455 g/mol. The number of nitrogens with zero attached hydrogens (tertiary/aromatic N) is 5. The zero-order chi connectivity index (χ0) is 24.2. The Balaban J connectivity index is 1.51. The molecule has 0 heterocycles. The van der Waals surface area contributed by atoms with Crippen molar-refractivity contribution < 1.29 is 4.79 Å². The molecular formula is C28H33N5O. The van der Waals surface area contributed by atoms with Gasteiger partial charge in [-0.25, -0.2) is 0 Å². The Hall–Kier alpha value is -3.67. The van der Waals surface area contributed by atoms with Crippen LogP contribution in [0.15, 0.2) is 93.3 Å². The van der Waals surface area contributed by atoms with Gasteiger partial charge in [-0.3, -0.25) is 4.79 Å². The number of hydrogen-bond acceptors (Lipinski definition) is 6. The van der Waals surface area contributed by atoms with E-state index < -0.39 is 0 Å². The molecule has 3 aromatic carbocycles. The molecule has 0 bridgehead atoms. The summed E-state index contributed by atoms with van der Waals surface area (Å²) in [6.45, 7) is 2.19. The van der Waals surface area contributed by atoms with Crippen molar-refractivity contribution in [1.29, 1.82) is 0 Å². The van der Waals surface area contributed by atoms with E-state index in [0.29, 0.717) is 12.1 Å². The molecule has 0 aliphatic rings. The van der Waals surface area contributed by atoms with Gasteiger partial charge in [0.15, 0.2) is 5.78 Å². The maximum absolute atomic E-state index is 12.3. The number of carbonyl (C=O) groups excluding carboxylic acids is 1. The van der Waals surface area contributed by atoms with Gasteiger partial charge in [0.2, 0.25) is 0 Å². The predicted molar refractivity (Wildman–Crippen MR) is 140 cm³/mol. The number of ketones is 1. The summed E-state index contributed by atoms with van der Waals surface area (Å²) in [5.74, 6) is 0.193. The van der Waals surface area contributed by atoms with Crippen LogP contribution in [0.2, 0.25) is 0 Å². The van der Waals surface area contributed by atoms with Crippen molar-refractivity contribution >= 4 is 34.2 Å². The van der Waals surface area contributed by atoms with E-state index in [4.69, 9.17) is 0 Å². The second-order valence-corrected chi connectivity index (χ2v) is 8.46.